The van der Waals surface area contributed by atoms with E-state index in [9.17, 15) is 9.59 Å². The summed E-state index contributed by atoms with van der Waals surface area (Å²) < 4.78 is 1.75. The maximum Gasteiger partial charge on any atom is 0.226 e. The molecule has 2 atom stereocenters. The number of ketones is 1. The number of Topliss-reactive ketones (excluding diaryl/α,β-unsaturated/α-hetero) is 1. The highest BCUT2D eigenvalue weighted by atomic mass is 16.2. The lowest BCUT2D eigenvalue weighted by Gasteiger charge is -2.21. The summed E-state index contributed by atoms with van der Waals surface area (Å²) in [5.74, 6) is 1.64. The van der Waals surface area contributed by atoms with Gasteiger partial charge in [0.15, 0.2) is 11.4 Å². The van der Waals surface area contributed by atoms with Crippen LogP contribution in [0, 0.1) is 11.3 Å². The fraction of sp³-hybridized carbons (Fsp3) is 0.519. The minimum absolute atomic E-state index is 0.186. The smallest absolute Gasteiger partial charge is 0.226 e. The van der Waals surface area contributed by atoms with Crippen LogP contribution >= 0.6 is 0 Å². The zero-order valence-corrected chi connectivity index (χ0v) is 19.5. The summed E-state index contributed by atoms with van der Waals surface area (Å²) in [4.78, 5) is 27.4. The molecule has 1 aliphatic heterocycles. The Bertz CT molecular complexity index is 1220. The molecular formula is C27H31N5O2. The van der Waals surface area contributed by atoms with Crippen molar-refractivity contribution in [1.29, 1.82) is 0 Å². The molecular weight excluding hydrogens is 426 g/mol. The number of carbonyl (C=O) groups is 2. The summed E-state index contributed by atoms with van der Waals surface area (Å²) in [5.41, 5.74) is 3.90. The second kappa shape index (κ2) is 8.60. The second-order valence-corrected chi connectivity index (χ2v) is 10.5. The van der Waals surface area contributed by atoms with Crippen LogP contribution in [0.2, 0.25) is 0 Å². The molecule has 0 radical (unpaired) electrons. The molecule has 34 heavy (non-hydrogen) atoms. The van der Waals surface area contributed by atoms with E-state index in [-0.39, 0.29) is 17.1 Å². The highest BCUT2D eigenvalue weighted by molar-refractivity contribution is 5.96. The van der Waals surface area contributed by atoms with Crippen LogP contribution in [0.15, 0.2) is 42.7 Å². The molecule has 7 heteroatoms. The van der Waals surface area contributed by atoms with Gasteiger partial charge < -0.3 is 4.90 Å². The highest BCUT2D eigenvalue weighted by Crippen LogP contribution is 2.64. The van der Waals surface area contributed by atoms with Crippen LogP contribution in [0.1, 0.15) is 78.9 Å². The zero-order valence-electron chi connectivity index (χ0n) is 19.5. The lowest BCUT2D eigenvalue weighted by atomic mass is 9.93. The number of aromatic nitrogens is 4. The van der Waals surface area contributed by atoms with Gasteiger partial charge in [-0.25, -0.2) is 4.52 Å². The first kappa shape index (κ1) is 21.4. The van der Waals surface area contributed by atoms with Gasteiger partial charge in [-0.1, -0.05) is 37.1 Å². The van der Waals surface area contributed by atoms with Crippen molar-refractivity contribution in [2.45, 2.75) is 63.7 Å². The van der Waals surface area contributed by atoms with Crippen LogP contribution in [0.5, 0.6) is 0 Å². The van der Waals surface area contributed by atoms with Gasteiger partial charge in [0, 0.05) is 31.0 Å². The van der Waals surface area contributed by atoms with E-state index in [4.69, 9.17) is 5.10 Å². The molecule has 1 amide bonds. The Morgan fingerprint density at radius 3 is 2.71 bits per heavy atom. The van der Waals surface area contributed by atoms with Gasteiger partial charge in [0.05, 0.1) is 12.1 Å². The van der Waals surface area contributed by atoms with Gasteiger partial charge in [0.25, 0.3) is 0 Å². The SMILES string of the molecule is O=C(CCC1CC1)c1ccc(CC(=O)N2CCCC3(CC2)CC3c2ccc3nncn3n2)cc1. The normalized spacial score (nSPS) is 24.4. The monoisotopic (exact) mass is 457 g/mol. The lowest BCUT2D eigenvalue weighted by Crippen LogP contribution is -2.33. The van der Waals surface area contributed by atoms with Crippen LogP contribution in [0.25, 0.3) is 5.65 Å². The van der Waals surface area contributed by atoms with E-state index >= 15 is 0 Å². The van der Waals surface area contributed by atoms with Crippen molar-refractivity contribution < 1.29 is 9.59 Å². The predicted octanol–water partition coefficient (Wildman–Crippen LogP) is 4.23. The quantitative estimate of drug-likeness (QED) is 0.496. The Balaban J connectivity index is 1.04. The molecule has 1 aromatic carbocycles. The van der Waals surface area contributed by atoms with Crippen LogP contribution in [0.3, 0.4) is 0 Å². The van der Waals surface area contributed by atoms with Gasteiger partial charge >= 0.3 is 0 Å². The minimum Gasteiger partial charge on any atom is -0.342 e. The Hall–Kier alpha value is -3.09. The fourth-order valence-electron chi connectivity index (χ4n) is 5.69. The number of benzene rings is 1. The number of likely N-dealkylation sites (tertiary alicyclic amines) is 1. The van der Waals surface area contributed by atoms with E-state index in [1.165, 1.54) is 12.8 Å². The van der Waals surface area contributed by atoms with E-state index in [1.54, 1.807) is 10.8 Å². The number of hydrogen-bond acceptors (Lipinski definition) is 5. The van der Waals surface area contributed by atoms with Gasteiger partial charge in [-0.15, -0.1) is 10.2 Å². The van der Waals surface area contributed by atoms with Crippen molar-refractivity contribution in [3.63, 3.8) is 0 Å². The van der Waals surface area contributed by atoms with Gasteiger partial charge in [-0.2, -0.15) is 5.10 Å². The molecule has 6 rings (SSSR count). The topological polar surface area (TPSA) is 80.5 Å². The van der Waals surface area contributed by atoms with Crippen LogP contribution < -0.4 is 0 Å². The number of hydrogen-bond donors (Lipinski definition) is 0. The van der Waals surface area contributed by atoms with Crippen molar-refractivity contribution in [2.24, 2.45) is 11.3 Å². The molecule has 2 unspecified atom stereocenters. The molecule has 3 aliphatic rings. The molecule has 7 nitrogen and oxygen atoms in total. The molecule has 2 aromatic heterocycles. The zero-order chi connectivity index (χ0) is 23.1. The Kier molecular flexibility index (Phi) is 5.42. The van der Waals surface area contributed by atoms with Crippen LogP contribution in [0.4, 0.5) is 0 Å². The molecule has 0 bridgehead atoms. The largest absolute Gasteiger partial charge is 0.342 e. The maximum absolute atomic E-state index is 13.1. The van der Waals surface area contributed by atoms with Gasteiger partial charge in [0.1, 0.15) is 6.33 Å². The van der Waals surface area contributed by atoms with E-state index in [0.29, 0.717) is 18.8 Å². The molecule has 2 saturated carbocycles. The molecule has 3 heterocycles. The van der Waals surface area contributed by atoms with Gasteiger partial charge in [-0.05, 0) is 61.1 Å². The standard InChI is InChI=1S/C27H31N5O2/c33-24(10-6-19-2-3-19)21-7-4-20(5-8-21)16-26(34)31-14-1-12-27(13-15-31)17-22(27)23-9-11-25-29-28-18-32(25)30-23/h4-5,7-9,11,18-19,22H,1-3,6,10,12-17H2. The molecule has 3 aromatic rings. The molecule has 0 N–H and O–H groups in total. The van der Waals surface area contributed by atoms with Crippen LogP contribution in [-0.4, -0.2) is 49.5 Å². The number of carbonyl (C=O) groups excluding carboxylic acids is 2. The van der Waals surface area contributed by atoms with Crippen molar-refractivity contribution in [3.8, 4) is 0 Å². The summed E-state index contributed by atoms with van der Waals surface area (Å²) in [5, 5.41) is 12.7. The molecule has 1 spiro atoms. The average molecular weight is 458 g/mol. The molecule has 176 valence electrons. The Morgan fingerprint density at radius 2 is 1.88 bits per heavy atom. The number of fused-ring (bicyclic) bond motifs is 1. The summed E-state index contributed by atoms with van der Waals surface area (Å²) in [6, 6.07) is 11.8. The van der Waals surface area contributed by atoms with E-state index in [1.807, 2.05) is 35.2 Å². The predicted molar refractivity (Wildman–Crippen MR) is 127 cm³/mol. The first-order valence-corrected chi connectivity index (χ1v) is 12.7. The summed E-state index contributed by atoms with van der Waals surface area (Å²) in [6.45, 7) is 1.63. The Morgan fingerprint density at radius 1 is 1.03 bits per heavy atom. The van der Waals surface area contributed by atoms with E-state index in [2.05, 4.69) is 16.3 Å². The molecule has 2 aliphatic carbocycles. The molecule has 3 fully saturated rings. The summed E-state index contributed by atoms with van der Waals surface area (Å²) >= 11 is 0. The lowest BCUT2D eigenvalue weighted by molar-refractivity contribution is -0.130. The third-order valence-corrected chi connectivity index (χ3v) is 8.17. The number of rotatable bonds is 7. The van der Waals surface area contributed by atoms with Crippen LogP contribution in [-0.2, 0) is 11.2 Å². The van der Waals surface area contributed by atoms with Crippen molar-refractivity contribution in [2.75, 3.05) is 13.1 Å². The maximum atomic E-state index is 13.1. The van der Waals surface area contributed by atoms with E-state index in [0.717, 1.165) is 73.6 Å². The third kappa shape index (κ3) is 4.36. The first-order chi connectivity index (χ1) is 16.6. The molecule has 1 saturated heterocycles. The first-order valence-electron chi connectivity index (χ1n) is 12.7. The number of nitrogens with zero attached hydrogens (tertiary/aromatic N) is 5. The van der Waals surface area contributed by atoms with Gasteiger partial charge in [-0.3, -0.25) is 9.59 Å². The fourth-order valence-corrected chi connectivity index (χ4v) is 5.69. The minimum atomic E-state index is 0.186. The van der Waals surface area contributed by atoms with Crippen molar-refractivity contribution in [1.82, 2.24) is 24.7 Å². The third-order valence-electron chi connectivity index (χ3n) is 8.17. The van der Waals surface area contributed by atoms with Gasteiger partial charge in [0.2, 0.25) is 5.91 Å². The van der Waals surface area contributed by atoms with Crippen molar-refractivity contribution >= 4 is 17.3 Å². The summed E-state index contributed by atoms with van der Waals surface area (Å²) in [6.07, 6.45) is 10.6. The number of amides is 1. The Labute approximate surface area is 199 Å². The summed E-state index contributed by atoms with van der Waals surface area (Å²) in [7, 11) is 0. The second-order valence-electron chi connectivity index (χ2n) is 10.5. The average Bonchev–Trinajstić information content (AvgIpc) is 3.77. The van der Waals surface area contributed by atoms with Crippen molar-refractivity contribution in [3.05, 3.63) is 59.5 Å². The highest BCUT2D eigenvalue weighted by Gasteiger charge is 2.55. The van der Waals surface area contributed by atoms with E-state index < -0.39 is 0 Å².